The van der Waals surface area contributed by atoms with Crippen molar-refractivity contribution >= 4 is 28.6 Å². The lowest BCUT2D eigenvalue weighted by atomic mass is 10.1. The number of esters is 1. The van der Waals surface area contributed by atoms with E-state index in [2.05, 4.69) is 15.2 Å². The van der Waals surface area contributed by atoms with Gasteiger partial charge in [-0.15, -0.1) is 10.2 Å². The Morgan fingerprint density at radius 2 is 2.03 bits per heavy atom. The van der Waals surface area contributed by atoms with Gasteiger partial charge in [-0.1, -0.05) is 36.0 Å². The summed E-state index contributed by atoms with van der Waals surface area (Å²) in [4.78, 5) is 15.5. The molecule has 4 rings (SSSR count). The van der Waals surface area contributed by atoms with Crippen LogP contribution in [0.4, 0.5) is 0 Å². The number of aromatic amines is 1. The highest BCUT2D eigenvalue weighted by Crippen LogP contribution is 2.34. The zero-order chi connectivity index (χ0) is 21.1. The molecule has 154 valence electrons. The van der Waals surface area contributed by atoms with Crippen molar-refractivity contribution in [3.8, 4) is 22.8 Å². The number of hydrogen-bond donors (Lipinski definition) is 1. The first kappa shape index (κ1) is 20.0. The highest BCUT2D eigenvalue weighted by Gasteiger charge is 2.24. The number of carbonyl (C=O) groups excluding carboxylic acids is 1. The molecule has 0 spiro atoms. The summed E-state index contributed by atoms with van der Waals surface area (Å²) in [5.74, 6) is 1.12. The third-order valence-corrected chi connectivity index (χ3v) is 5.70. The minimum Gasteiger partial charge on any atom is -0.497 e. The summed E-state index contributed by atoms with van der Waals surface area (Å²) in [7, 11) is 1.63. The fourth-order valence-electron chi connectivity index (χ4n) is 3.23. The predicted molar refractivity (Wildman–Crippen MR) is 117 cm³/mol. The molecule has 0 aliphatic heterocycles. The van der Waals surface area contributed by atoms with Crippen LogP contribution in [0.5, 0.6) is 5.75 Å². The monoisotopic (exact) mass is 422 g/mol. The van der Waals surface area contributed by atoms with E-state index in [1.54, 1.807) is 21.0 Å². The van der Waals surface area contributed by atoms with E-state index in [-0.39, 0.29) is 5.97 Å². The van der Waals surface area contributed by atoms with Crippen molar-refractivity contribution < 1.29 is 14.3 Å². The van der Waals surface area contributed by atoms with Gasteiger partial charge in [0, 0.05) is 28.7 Å². The van der Waals surface area contributed by atoms with Crippen LogP contribution in [-0.2, 0) is 9.53 Å². The number of rotatable bonds is 7. The number of H-pyrrole nitrogens is 1. The lowest BCUT2D eigenvalue weighted by molar-refractivity contribution is -0.142. The average molecular weight is 423 g/mol. The quantitative estimate of drug-likeness (QED) is 0.350. The Morgan fingerprint density at radius 3 is 2.83 bits per heavy atom. The van der Waals surface area contributed by atoms with Gasteiger partial charge in [-0.3, -0.25) is 9.36 Å². The van der Waals surface area contributed by atoms with Crippen molar-refractivity contribution in [3.05, 3.63) is 54.7 Å². The Hall–Kier alpha value is -3.26. The van der Waals surface area contributed by atoms with Gasteiger partial charge in [-0.05, 0) is 32.0 Å². The van der Waals surface area contributed by atoms with Crippen molar-refractivity contribution in [2.45, 2.75) is 24.3 Å². The molecule has 2 heterocycles. The Bertz CT molecular complexity index is 1180. The molecule has 0 aliphatic rings. The van der Waals surface area contributed by atoms with Crippen molar-refractivity contribution in [1.82, 2.24) is 19.7 Å². The Kier molecular flexibility index (Phi) is 5.76. The zero-order valence-corrected chi connectivity index (χ0v) is 17.8. The summed E-state index contributed by atoms with van der Waals surface area (Å²) in [6, 6.07) is 15.7. The molecule has 0 bridgehead atoms. The van der Waals surface area contributed by atoms with Gasteiger partial charge in [0.25, 0.3) is 0 Å². The number of methoxy groups -OCH3 is 1. The third kappa shape index (κ3) is 3.78. The van der Waals surface area contributed by atoms with Crippen LogP contribution in [0.2, 0.25) is 0 Å². The Morgan fingerprint density at radius 1 is 1.20 bits per heavy atom. The molecule has 1 N–H and O–H groups in total. The zero-order valence-electron chi connectivity index (χ0n) is 17.0. The largest absolute Gasteiger partial charge is 0.497 e. The molecule has 1 unspecified atom stereocenters. The molecule has 7 nitrogen and oxygen atoms in total. The van der Waals surface area contributed by atoms with E-state index < -0.39 is 5.25 Å². The molecule has 0 radical (unpaired) electrons. The fourth-order valence-corrected chi connectivity index (χ4v) is 4.09. The van der Waals surface area contributed by atoms with Gasteiger partial charge >= 0.3 is 5.97 Å². The van der Waals surface area contributed by atoms with Crippen LogP contribution < -0.4 is 4.74 Å². The minimum absolute atomic E-state index is 0.281. The number of ether oxygens (including phenoxy) is 2. The molecule has 0 aliphatic carbocycles. The molecule has 2 aromatic heterocycles. The number of thioether (sulfide) groups is 1. The van der Waals surface area contributed by atoms with Gasteiger partial charge in [0.15, 0.2) is 11.0 Å². The molecular weight excluding hydrogens is 400 g/mol. The van der Waals surface area contributed by atoms with E-state index in [1.807, 2.05) is 59.3 Å². The van der Waals surface area contributed by atoms with Gasteiger partial charge in [-0.25, -0.2) is 0 Å². The minimum atomic E-state index is -0.422. The van der Waals surface area contributed by atoms with E-state index in [0.717, 1.165) is 27.9 Å². The van der Waals surface area contributed by atoms with Gasteiger partial charge in [0.1, 0.15) is 11.0 Å². The first-order valence-electron chi connectivity index (χ1n) is 9.62. The van der Waals surface area contributed by atoms with Crippen LogP contribution in [0.3, 0.4) is 0 Å². The summed E-state index contributed by atoms with van der Waals surface area (Å²) in [6.07, 6.45) is 1.93. The first-order chi connectivity index (χ1) is 14.6. The van der Waals surface area contributed by atoms with E-state index in [9.17, 15) is 4.79 Å². The van der Waals surface area contributed by atoms with Crippen molar-refractivity contribution in [2.24, 2.45) is 0 Å². The van der Waals surface area contributed by atoms with Crippen molar-refractivity contribution in [2.75, 3.05) is 13.7 Å². The average Bonchev–Trinajstić information content (AvgIpc) is 3.37. The van der Waals surface area contributed by atoms with Crippen LogP contribution in [0.15, 0.2) is 59.9 Å². The third-order valence-electron chi connectivity index (χ3n) is 4.68. The maximum atomic E-state index is 12.2. The SMILES string of the molecule is CCOC(=O)C(C)Sc1nnc(-c2c[nH]c3ccccc23)n1-c1cccc(OC)c1. The van der Waals surface area contributed by atoms with Crippen LogP contribution in [0.25, 0.3) is 28.0 Å². The molecule has 0 saturated carbocycles. The summed E-state index contributed by atoms with van der Waals surface area (Å²) in [6.45, 7) is 3.94. The van der Waals surface area contributed by atoms with Gasteiger partial charge in [0.05, 0.1) is 19.4 Å². The van der Waals surface area contributed by atoms with Crippen molar-refractivity contribution in [3.63, 3.8) is 0 Å². The first-order valence-corrected chi connectivity index (χ1v) is 10.5. The summed E-state index contributed by atoms with van der Waals surface area (Å²) >= 11 is 1.31. The molecular formula is C22H22N4O3S. The normalized spacial score (nSPS) is 12.1. The maximum absolute atomic E-state index is 12.2. The van der Waals surface area contributed by atoms with E-state index in [1.165, 1.54) is 11.8 Å². The molecule has 0 saturated heterocycles. The smallest absolute Gasteiger partial charge is 0.319 e. The standard InChI is InChI=1S/C22H22N4O3S/c1-4-29-21(27)14(2)30-22-25-24-20(18-13-23-19-11-6-5-10-17(18)19)26(22)15-8-7-9-16(12-15)28-3/h5-14,23H,4H2,1-3H3. The number of aromatic nitrogens is 4. The summed E-state index contributed by atoms with van der Waals surface area (Å²) in [5.41, 5.74) is 2.79. The van der Waals surface area contributed by atoms with Gasteiger partial charge in [-0.2, -0.15) is 0 Å². The molecule has 8 heteroatoms. The fraction of sp³-hybridized carbons (Fsp3) is 0.227. The Labute approximate surface area is 178 Å². The van der Waals surface area contributed by atoms with E-state index >= 15 is 0 Å². The summed E-state index contributed by atoms with van der Waals surface area (Å²) in [5, 5.41) is 10.1. The predicted octanol–water partition coefficient (Wildman–Crippen LogP) is 4.47. The molecule has 2 aromatic carbocycles. The maximum Gasteiger partial charge on any atom is 0.319 e. The molecule has 30 heavy (non-hydrogen) atoms. The number of nitrogens with one attached hydrogen (secondary N) is 1. The van der Waals surface area contributed by atoms with Crippen LogP contribution >= 0.6 is 11.8 Å². The van der Waals surface area contributed by atoms with E-state index in [4.69, 9.17) is 9.47 Å². The summed E-state index contributed by atoms with van der Waals surface area (Å²) < 4.78 is 12.5. The molecule has 0 fully saturated rings. The molecule has 0 amide bonds. The lowest BCUT2D eigenvalue weighted by Gasteiger charge is -2.13. The lowest BCUT2D eigenvalue weighted by Crippen LogP contribution is -2.17. The topological polar surface area (TPSA) is 82.0 Å². The number of benzene rings is 2. The second-order valence-electron chi connectivity index (χ2n) is 6.60. The molecule has 1 atom stereocenters. The van der Waals surface area contributed by atoms with Gasteiger partial charge in [0.2, 0.25) is 0 Å². The second kappa shape index (κ2) is 8.62. The number of para-hydroxylation sites is 1. The molecule has 4 aromatic rings. The van der Waals surface area contributed by atoms with Crippen LogP contribution in [-0.4, -0.2) is 44.7 Å². The number of hydrogen-bond acceptors (Lipinski definition) is 6. The highest BCUT2D eigenvalue weighted by molar-refractivity contribution is 8.00. The number of fused-ring (bicyclic) bond motifs is 1. The van der Waals surface area contributed by atoms with E-state index in [0.29, 0.717) is 17.6 Å². The second-order valence-corrected chi connectivity index (χ2v) is 7.91. The van der Waals surface area contributed by atoms with Crippen molar-refractivity contribution in [1.29, 1.82) is 0 Å². The van der Waals surface area contributed by atoms with Gasteiger partial charge < -0.3 is 14.5 Å². The van der Waals surface area contributed by atoms with Crippen LogP contribution in [0.1, 0.15) is 13.8 Å². The number of nitrogens with zero attached hydrogens (tertiary/aromatic N) is 3. The highest BCUT2D eigenvalue weighted by atomic mass is 32.2. The number of carbonyl (C=O) groups is 1. The Balaban J connectivity index is 1.84. The van der Waals surface area contributed by atoms with Crippen LogP contribution in [0, 0.1) is 0 Å².